The molecule has 1 N–H and O–H groups in total. The predicted octanol–water partition coefficient (Wildman–Crippen LogP) is 4.22. The minimum Gasteiger partial charge on any atom is -0.478 e. The van der Waals surface area contributed by atoms with Crippen LogP contribution in [0.1, 0.15) is 10.4 Å². The van der Waals surface area contributed by atoms with Crippen molar-refractivity contribution in [2.45, 2.75) is 0 Å². The Hall–Kier alpha value is -3.16. The fourth-order valence-corrected chi connectivity index (χ4v) is 2.86. The van der Waals surface area contributed by atoms with E-state index in [1.54, 1.807) is 14.1 Å². The topological polar surface area (TPSA) is 53.4 Å². The van der Waals surface area contributed by atoms with E-state index in [-0.39, 0.29) is 22.2 Å². The van der Waals surface area contributed by atoms with Crippen LogP contribution in [0.15, 0.2) is 30.5 Å². The van der Waals surface area contributed by atoms with Gasteiger partial charge in [-0.15, -0.1) is 0 Å². The summed E-state index contributed by atoms with van der Waals surface area (Å²) in [5, 5.41) is 9.54. The largest absolute Gasteiger partial charge is 0.478 e. The van der Waals surface area contributed by atoms with Crippen molar-refractivity contribution in [1.82, 2.24) is 4.98 Å². The molecule has 0 radical (unpaired) electrons. The van der Waals surface area contributed by atoms with Crippen molar-refractivity contribution in [2.75, 3.05) is 19.0 Å². The van der Waals surface area contributed by atoms with E-state index in [1.165, 1.54) is 11.0 Å². The molecule has 4 nitrogen and oxygen atoms in total. The average Bonchev–Trinajstić information content (AvgIpc) is 2.56. The molecule has 2 aromatic carbocycles. The fraction of sp³-hybridized carbons (Fsp3) is 0.111. The lowest BCUT2D eigenvalue weighted by Crippen LogP contribution is -2.15. The van der Waals surface area contributed by atoms with Gasteiger partial charge in [0.15, 0.2) is 11.6 Å². The summed E-state index contributed by atoms with van der Waals surface area (Å²) in [5.74, 6) is -6.16. The van der Waals surface area contributed by atoms with E-state index in [1.807, 2.05) is 0 Å². The van der Waals surface area contributed by atoms with Gasteiger partial charge in [-0.25, -0.2) is 22.4 Å². The van der Waals surface area contributed by atoms with Crippen molar-refractivity contribution in [2.24, 2.45) is 0 Å². The number of benzene rings is 2. The molecule has 0 bridgehead atoms. The molecule has 1 aromatic heterocycles. The molecule has 0 aliphatic carbocycles. The van der Waals surface area contributed by atoms with Crippen molar-refractivity contribution in [3.05, 3.63) is 59.3 Å². The third-order valence-electron chi connectivity index (χ3n) is 3.90. The minimum absolute atomic E-state index is 0.109. The maximum atomic E-state index is 14.5. The molecule has 8 heteroatoms. The Morgan fingerprint density at radius 3 is 2.38 bits per heavy atom. The highest BCUT2D eigenvalue weighted by atomic mass is 19.2. The van der Waals surface area contributed by atoms with Crippen molar-refractivity contribution in [3.8, 4) is 11.1 Å². The fourth-order valence-electron chi connectivity index (χ4n) is 2.86. The van der Waals surface area contributed by atoms with E-state index in [9.17, 15) is 27.5 Å². The summed E-state index contributed by atoms with van der Waals surface area (Å²) in [6.07, 6.45) is 0.997. The van der Waals surface area contributed by atoms with Crippen LogP contribution in [0, 0.1) is 23.3 Å². The molecule has 0 saturated carbocycles. The lowest BCUT2D eigenvalue weighted by Gasteiger charge is -2.19. The second-order valence-electron chi connectivity index (χ2n) is 5.79. The van der Waals surface area contributed by atoms with E-state index in [0.717, 1.165) is 12.3 Å². The number of fused-ring (bicyclic) bond motifs is 1. The van der Waals surface area contributed by atoms with Gasteiger partial charge in [-0.3, -0.25) is 4.98 Å². The number of anilines is 1. The first-order valence-electron chi connectivity index (χ1n) is 7.39. The zero-order chi connectivity index (χ0) is 19.2. The first-order chi connectivity index (χ1) is 12.2. The number of rotatable bonds is 3. The number of carbonyl (C=O) groups is 1. The standard InChI is InChI=1S/C18H12F4N2O2/c1-24(2)17-9-3-4-12(20)14(16(9)23-7-11(17)18(25)26)10-5-8(19)6-13(21)15(10)22/h3-7H,1-2H3,(H,25,26). The highest BCUT2D eigenvalue weighted by molar-refractivity contribution is 6.08. The van der Waals surface area contributed by atoms with Crippen LogP contribution in [0.3, 0.4) is 0 Å². The number of aromatic carboxylic acids is 1. The van der Waals surface area contributed by atoms with Gasteiger partial charge in [0, 0.05) is 42.9 Å². The summed E-state index contributed by atoms with van der Waals surface area (Å²) in [5.41, 5.74) is -1.13. The Morgan fingerprint density at radius 2 is 1.77 bits per heavy atom. The summed E-state index contributed by atoms with van der Waals surface area (Å²) >= 11 is 0. The van der Waals surface area contributed by atoms with E-state index >= 15 is 0 Å². The monoisotopic (exact) mass is 364 g/mol. The highest BCUT2D eigenvalue weighted by Gasteiger charge is 2.23. The Bertz CT molecular complexity index is 1050. The molecule has 0 aliphatic heterocycles. The van der Waals surface area contributed by atoms with Gasteiger partial charge >= 0.3 is 5.97 Å². The van der Waals surface area contributed by atoms with E-state index in [0.29, 0.717) is 12.1 Å². The van der Waals surface area contributed by atoms with Crippen LogP contribution in [0.4, 0.5) is 23.2 Å². The molecule has 0 spiro atoms. The summed E-state index contributed by atoms with van der Waals surface area (Å²) in [6.45, 7) is 0. The Labute approximate surface area is 145 Å². The van der Waals surface area contributed by atoms with E-state index < -0.39 is 40.4 Å². The van der Waals surface area contributed by atoms with Gasteiger partial charge in [-0.1, -0.05) is 0 Å². The van der Waals surface area contributed by atoms with E-state index in [4.69, 9.17) is 0 Å². The second kappa shape index (κ2) is 6.29. The molecule has 3 rings (SSSR count). The van der Waals surface area contributed by atoms with Crippen LogP contribution >= 0.6 is 0 Å². The summed E-state index contributed by atoms with van der Waals surface area (Å²) in [7, 11) is 3.15. The Balaban J connectivity index is 2.47. The molecule has 0 atom stereocenters. The number of carboxylic acid groups (broad SMARTS) is 1. The molecular weight excluding hydrogens is 352 g/mol. The van der Waals surface area contributed by atoms with E-state index in [2.05, 4.69) is 4.98 Å². The summed E-state index contributed by atoms with van der Waals surface area (Å²) in [4.78, 5) is 16.8. The third kappa shape index (κ3) is 2.73. The van der Waals surface area contributed by atoms with Crippen LogP contribution in [-0.4, -0.2) is 30.2 Å². The Morgan fingerprint density at radius 1 is 1.08 bits per heavy atom. The molecule has 0 aliphatic rings. The van der Waals surface area contributed by atoms with Gasteiger partial charge in [0.1, 0.15) is 17.2 Å². The van der Waals surface area contributed by atoms with Gasteiger partial charge in [0.05, 0.1) is 11.2 Å². The van der Waals surface area contributed by atoms with Crippen molar-refractivity contribution in [3.63, 3.8) is 0 Å². The molecule has 0 fully saturated rings. The second-order valence-corrected chi connectivity index (χ2v) is 5.79. The zero-order valence-electron chi connectivity index (χ0n) is 13.6. The average molecular weight is 364 g/mol. The van der Waals surface area contributed by atoms with Gasteiger partial charge in [-0.2, -0.15) is 0 Å². The molecule has 0 amide bonds. The number of aromatic nitrogens is 1. The zero-order valence-corrected chi connectivity index (χ0v) is 13.6. The summed E-state index contributed by atoms with van der Waals surface area (Å²) in [6, 6.07) is 3.28. The van der Waals surface area contributed by atoms with Gasteiger partial charge < -0.3 is 10.0 Å². The van der Waals surface area contributed by atoms with Crippen molar-refractivity contribution >= 4 is 22.6 Å². The molecule has 26 heavy (non-hydrogen) atoms. The first-order valence-corrected chi connectivity index (χ1v) is 7.39. The van der Waals surface area contributed by atoms with Gasteiger partial charge in [-0.05, 0) is 18.2 Å². The lowest BCUT2D eigenvalue weighted by atomic mass is 9.98. The first kappa shape index (κ1) is 17.7. The number of pyridine rings is 1. The van der Waals surface area contributed by atoms with Crippen LogP contribution in [-0.2, 0) is 0 Å². The number of hydrogen-bond acceptors (Lipinski definition) is 3. The quantitative estimate of drug-likeness (QED) is 0.558. The molecule has 134 valence electrons. The molecular formula is C18H12F4N2O2. The predicted molar refractivity (Wildman–Crippen MR) is 88.3 cm³/mol. The molecule has 1 heterocycles. The smallest absolute Gasteiger partial charge is 0.339 e. The van der Waals surface area contributed by atoms with Crippen LogP contribution in [0.5, 0.6) is 0 Å². The van der Waals surface area contributed by atoms with Crippen LogP contribution < -0.4 is 4.90 Å². The third-order valence-corrected chi connectivity index (χ3v) is 3.90. The number of nitrogens with zero attached hydrogens (tertiary/aromatic N) is 2. The molecule has 0 unspecified atom stereocenters. The SMILES string of the molecule is CN(C)c1c(C(=O)O)cnc2c(-c3cc(F)cc(F)c3F)c(F)ccc12. The van der Waals surface area contributed by atoms with Crippen molar-refractivity contribution < 1.29 is 27.5 Å². The number of halogens is 4. The molecule has 0 saturated heterocycles. The molecule has 3 aromatic rings. The minimum atomic E-state index is -1.47. The maximum Gasteiger partial charge on any atom is 0.339 e. The van der Waals surface area contributed by atoms with Crippen molar-refractivity contribution in [1.29, 1.82) is 0 Å². The normalized spacial score (nSPS) is 11.0. The van der Waals surface area contributed by atoms with Gasteiger partial charge in [0.2, 0.25) is 0 Å². The van der Waals surface area contributed by atoms with Crippen LogP contribution in [0.25, 0.3) is 22.0 Å². The number of carboxylic acids is 1. The summed E-state index contributed by atoms with van der Waals surface area (Å²) < 4.78 is 55.8. The number of hydrogen-bond donors (Lipinski definition) is 1. The highest BCUT2D eigenvalue weighted by Crippen LogP contribution is 2.37. The van der Waals surface area contributed by atoms with Crippen LogP contribution in [0.2, 0.25) is 0 Å². The lowest BCUT2D eigenvalue weighted by molar-refractivity contribution is 0.0697. The Kier molecular flexibility index (Phi) is 4.27. The maximum absolute atomic E-state index is 14.5. The van der Waals surface area contributed by atoms with Gasteiger partial charge in [0.25, 0.3) is 0 Å².